The number of ether oxygens (including phenoxy) is 1. The van der Waals surface area contributed by atoms with Gasteiger partial charge in [0.15, 0.2) is 5.75 Å². The SMILES string of the molecule is Nc1cc(Oc2c(Br)cc([N+](=O)[O-])cc2Br)nc(N)n1. The standard InChI is InChI=1S/C10H7Br2N5O3/c11-5-1-4(17(18)19)2-6(12)9(5)20-8-3-7(13)15-10(14)16-8/h1-3H,(H4,13,14,15,16). The highest BCUT2D eigenvalue weighted by Crippen LogP contribution is 2.39. The molecule has 0 aliphatic carbocycles. The van der Waals surface area contributed by atoms with E-state index in [2.05, 4.69) is 41.8 Å². The Kier molecular flexibility index (Phi) is 4.04. The number of hydrogen-bond donors (Lipinski definition) is 2. The van der Waals surface area contributed by atoms with Crippen molar-refractivity contribution in [1.29, 1.82) is 0 Å². The zero-order chi connectivity index (χ0) is 14.9. The third kappa shape index (κ3) is 3.14. The summed E-state index contributed by atoms with van der Waals surface area (Å²) in [5.41, 5.74) is 10.9. The number of nitro benzene ring substituents is 1. The Morgan fingerprint density at radius 2 is 1.75 bits per heavy atom. The van der Waals surface area contributed by atoms with E-state index in [-0.39, 0.29) is 23.3 Å². The van der Waals surface area contributed by atoms with Crippen LogP contribution in [0.2, 0.25) is 0 Å². The van der Waals surface area contributed by atoms with Crippen molar-refractivity contribution in [2.45, 2.75) is 0 Å². The Hall–Kier alpha value is -1.94. The van der Waals surface area contributed by atoms with Crippen LogP contribution in [0.1, 0.15) is 0 Å². The molecule has 0 saturated heterocycles. The lowest BCUT2D eigenvalue weighted by atomic mass is 10.3. The molecule has 0 atom stereocenters. The Morgan fingerprint density at radius 3 is 2.25 bits per heavy atom. The van der Waals surface area contributed by atoms with Gasteiger partial charge >= 0.3 is 0 Å². The third-order valence-corrected chi connectivity index (χ3v) is 3.32. The van der Waals surface area contributed by atoms with Gasteiger partial charge in [0.05, 0.1) is 13.9 Å². The summed E-state index contributed by atoms with van der Waals surface area (Å²) in [7, 11) is 0. The molecule has 10 heteroatoms. The number of hydrogen-bond acceptors (Lipinski definition) is 7. The molecule has 20 heavy (non-hydrogen) atoms. The van der Waals surface area contributed by atoms with E-state index in [1.54, 1.807) is 0 Å². The number of nitro groups is 1. The Bertz CT molecular complexity index is 651. The summed E-state index contributed by atoms with van der Waals surface area (Å²) < 4.78 is 6.28. The van der Waals surface area contributed by atoms with Crippen LogP contribution in [-0.4, -0.2) is 14.9 Å². The van der Waals surface area contributed by atoms with Crippen LogP contribution in [0.25, 0.3) is 0 Å². The van der Waals surface area contributed by atoms with Crippen LogP contribution in [-0.2, 0) is 0 Å². The molecule has 1 heterocycles. The number of anilines is 2. The normalized spacial score (nSPS) is 10.3. The monoisotopic (exact) mass is 403 g/mol. The van der Waals surface area contributed by atoms with Gasteiger partial charge in [-0.05, 0) is 31.9 Å². The van der Waals surface area contributed by atoms with Gasteiger partial charge < -0.3 is 16.2 Å². The molecule has 0 fully saturated rings. The largest absolute Gasteiger partial charge is 0.436 e. The molecule has 0 aliphatic rings. The summed E-state index contributed by atoms with van der Waals surface area (Å²) in [4.78, 5) is 17.8. The van der Waals surface area contributed by atoms with Crippen LogP contribution in [0, 0.1) is 10.1 Å². The van der Waals surface area contributed by atoms with E-state index in [1.165, 1.54) is 18.2 Å². The summed E-state index contributed by atoms with van der Waals surface area (Å²) in [6, 6.07) is 4.01. The van der Waals surface area contributed by atoms with E-state index >= 15 is 0 Å². The molecule has 1 aromatic heterocycles. The number of rotatable bonds is 3. The van der Waals surface area contributed by atoms with E-state index in [0.717, 1.165) is 0 Å². The van der Waals surface area contributed by atoms with Gasteiger partial charge in [-0.25, -0.2) is 0 Å². The second-order valence-electron chi connectivity index (χ2n) is 3.59. The van der Waals surface area contributed by atoms with Crippen molar-refractivity contribution in [3.8, 4) is 11.6 Å². The van der Waals surface area contributed by atoms with Gasteiger partial charge in [-0.1, -0.05) is 0 Å². The molecule has 0 unspecified atom stereocenters. The third-order valence-electron chi connectivity index (χ3n) is 2.14. The second-order valence-corrected chi connectivity index (χ2v) is 5.30. The second kappa shape index (κ2) is 5.59. The first-order valence-corrected chi connectivity index (χ1v) is 6.66. The lowest BCUT2D eigenvalue weighted by molar-refractivity contribution is -0.385. The summed E-state index contributed by atoms with van der Waals surface area (Å²) in [5.74, 6) is 0.564. The predicted molar refractivity (Wildman–Crippen MR) is 79.4 cm³/mol. The van der Waals surface area contributed by atoms with Gasteiger partial charge in [0, 0.05) is 18.2 Å². The first-order valence-electron chi connectivity index (χ1n) is 5.08. The fraction of sp³-hybridized carbons (Fsp3) is 0. The molecule has 0 amide bonds. The zero-order valence-electron chi connectivity index (χ0n) is 9.71. The fourth-order valence-electron chi connectivity index (χ4n) is 1.37. The van der Waals surface area contributed by atoms with Gasteiger partial charge in [-0.2, -0.15) is 9.97 Å². The van der Waals surface area contributed by atoms with Crippen molar-refractivity contribution < 1.29 is 9.66 Å². The summed E-state index contributed by atoms with van der Waals surface area (Å²) in [5, 5.41) is 10.7. The number of nitrogens with two attached hydrogens (primary N) is 2. The number of benzene rings is 1. The van der Waals surface area contributed by atoms with Crippen molar-refractivity contribution in [3.63, 3.8) is 0 Å². The molecule has 1 aromatic carbocycles. The minimum Gasteiger partial charge on any atom is -0.436 e. The van der Waals surface area contributed by atoms with Crippen molar-refractivity contribution in [3.05, 3.63) is 37.3 Å². The van der Waals surface area contributed by atoms with E-state index in [4.69, 9.17) is 16.2 Å². The van der Waals surface area contributed by atoms with Crippen LogP contribution in [0.3, 0.4) is 0 Å². The topological polar surface area (TPSA) is 130 Å². The minimum absolute atomic E-state index is 0.0332. The van der Waals surface area contributed by atoms with Crippen molar-refractivity contribution >= 4 is 49.3 Å². The van der Waals surface area contributed by atoms with Gasteiger partial charge in [-0.3, -0.25) is 10.1 Å². The molecule has 104 valence electrons. The molecule has 0 aliphatic heterocycles. The molecular weight excluding hydrogens is 398 g/mol. The number of non-ortho nitro benzene ring substituents is 1. The lowest BCUT2D eigenvalue weighted by Gasteiger charge is -2.09. The van der Waals surface area contributed by atoms with Gasteiger partial charge in [-0.15, -0.1) is 0 Å². The molecule has 0 saturated carbocycles. The smallest absolute Gasteiger partial charge is 0.271 e. The first-order chi connectivity index (χ1) is 9.36. The Labute approximate surface area is 129 Å². The van der Waals surface area contributed by atoms with E-state index < -0.39 is 4.92 Å². The average molecular weight is 405 g/mol. The Balaban J connectivity index is 2.41. The fourth-order valence-corrected chi connectivity index (χ4v) is 2.69. The molecule has 4 N–H and O–H groups in total. The number of nitrogen functional groups attached to an aromatic ring is 2. The molecule has 0 spiro atoms. The molecule has 2 rings (SSSR count). The van der Waals surface area contributed by atoms with Gasteiger partial charge in [0.25, 0.3) is 5.69 Å². The van der Waals surface area contributed by atoms with Gasteiger partial charge in [0.2, 0.25) is 11.8 Å². The van der Waals surface area contributed by atoms with Gasteiger partial charge in [0.1, 0.15) is 5.82 Å². The Morgan fingerprint density at radius 1 is 1.15 bits per heavy atom. The highest BCUT2D eigenvalue weighted by Gasteiger charge is 2.16. The molecule has 8 nitrogen and oxygen atoms in total. The summed E-state index contributed by atoms with van der Waals surface area (Å²) in [6.45, 7) is 0. The van der Waals surface area contributed by atoms with Crippen LogP contribution in [0.5, 0.6) is 11.6 Å². The zero-order valence-corrected chi connectivity index (χ0v) is 12.9. The minimum atomic E-state index is -0.514. The molecular formula is C10H7Br2N5O3. The predicted octanol–water partition coefficient (Wildman–Crippen LogP) is 2.87. The number of nitrogens with zero attached hydrogens (tertiary/aromatic N) is 3. The van der Waals surface area contributed by atoms with Crippen LogP contribution < -0.4 is 16.2 Å². The highest BCUT2D eigenvalue weighted by molar-refractivity contribution is 9.11. The summed E-state index contributed by atoms with van der Waals surface area (Å²) >= 11 is 6.39. The lowest BCUT2D eigenvalue weighted by Crippen LogP contribution is -2.01. The van der Waals surface area contributed by atoms with Crippen molar-refractivity contribution in [2.24, 2.45) is 0 Å². The van der Waals surface area contributed by atoms with Crippen molar-refractivity contribution in [1.82, 2.24) is 9.97 Å². The highest BCUT2D eigenvalue weighted by atomic mass is 79.9. The number of halogens is 2. The maximum atomic E-state index is 10.7. The van der Waals surface area contributed by atoms with Crippen LogP contribution >= 0.6 is 31.9 Å². The molecule has 0 radical (unpaired) electrons. The molecule has 2 aromatic rings. The number of aromatic nitrogens is 2. The average Bonchev–Trinajstić information content (AvgIpc) is 2.32. The van der Waals surface area contributed by atoms with Crippen molar-refractivity contribution in [2.75, 3.05) is 11.5 Å². The van der Waals surface area contributed by atoms with E-state index in [1.807, 2.05) is 0 Å². The van der Waals surface area contributed by atoms with E-state index in [9.17, 15) is 10.1 Å². The van der Waals surface area contributed by atoms with Crippen LogP contribution in [0.15, 0.2) is 27.1 Å². The first kappa shape index (κ1) is 14.5. The summed E-state index contributed by atoms with van der Waals surface area (Å²) in [6.07, 6.45) is 0. The molecule has 0 bridgehead atoms. The quantitative estimate of drug-likeness (QED) is 0.593. The van der Waals surface area contributed by atoms with Crippen LogP contribution in [0.4, 0.5) is 17.5 Å². The maximum Gasteiger partial charge on any atom is 0.271 e. The maximum absolute atomic E-state index is 10.7. The van der Waals surface area contributed by atoms with E-state index in [0.29, 0.717) is 14.7 Å².